The molecule has 1 aromatic rings. The number of amides is 1. The van der Waals surface area contributed by atoms with Gasteiger partial charge in [0.15, 0.2) is 0 Å². The summed E-state index contributed by atoms with van der Waals surface area (Å²) < 4.78 is 0. The Labute approximate surface area is 150 Å². The van der Waals surface area contributed by atoms with Gasteiger partial charge in [0.2, 0.25) is 5.91 Å². The Morgan fingerprint density at radius 2 is 1.80 bits per heavy atom. The van der Waals surface area contributed by atoms with Gasteiger partial charge in [-0.05, 0) is 75.1 Å². The van der Waals surface area contributed by atoms with Crippen LogP contribution in [-0.2, 0) is 4.79 Å². The van der Waals surface area contributed by atoms with Gasteiger partial charge in [0.1, 0.15) is 0 Å². The van der Waals surface area contributed by atoms with E-state index in [1.54, 1.807) is 0 Å². The van der Waals surface area contributed by atoms with Gasteiger partial charge in [-0.2, -0.15) is 0 Å². The lowest BCUT2D eigenvalue weighted by molar-refractivity contribution is -0.145. The minimum absolute atomic E-state index is 0.321. The summed E-state index contributed by atoms with van der Waals surface area (Å²) >= 11 is 0. The number of carbonyl (C=O) groups excluding carboxylic acids is 1. The first-order valence-electron chi connectivity index (χ1n) is 10.1. The average Bonchev–Trinajstić information content (AvgIpc) is 2.66. The van der Waals surface area contributed by atoms with Crippen LogP contribution in [0.4, 0.5) is 0 Å². The molecular weight excluding hydrogens is 308 g/mol. The molecule has 0 N–H and O–H groups in total. The van der Waals surface area contributed by atoms with Crippen molar-refractivity contribution in [1.29, 1.82) is 0 Å². The van der Waals surface area contributed by atoms with Gasteiger partial charge in [-0.1, -0.05) is 30.3 Å². The van der Waals surface area contributed by atoms with Crippen molar-refractivity contribution in [2.45, 2.75) is 50.6 Å². The summed E-state index contributed by atoms with van der Waals surface area (Å²) in [7, 11) is 0. The van der Waals surface area contributed by atoms with E-state index in [-0.39, 0.29) is 0 Å². The third kappa shape index (κ3) is 2.64. The lowest BCUT2D eigenvalue weighted by Gasteiger charge is -2.58. The number of piperidine rings is 4. The predicted molar refractivity (Wildman–Crippen MR) is 100.0 cm³/mol. The second-order valence-electron chi connectivity index (χ2n) is 8.38. The standard InChI is InChI=1S/C22H28N2O/c25-22-17(14-16-6-2-1-3-7-16)10-11-20-19-9-5-13-23-12-4-8-18(21(19)23)15-24(20)22/h1-3,6-7,14,18-21H,4-5,8-13,15H2/b17-14+/t18-,19+,20+,21-/m0/s1. The number of rotatable bonds is 1. The molecule has 1 aromatic carbocycles. The van der Waals surface area contributed by atoms with Crippen LogP contribution in [0.25, 0.3) is 6.08 Å². The number of fused-ring (bicyclic) bond motifs is 2. The molecule has 1 amide bonds. The Hall–Kier alpha value is -1.61. The molecule has 0 spiro atoms. The fraction of sp³-hybridized carbons (Fsp3) is 0.591. The summed E-state index contributed by atoms with van der Waals surface area (Å²) in [5, 5.41) is 0. The normalized spacial score (nSPS) is 36.9. The highest BCUT2D eigenvalue weighted by atomic mass is 16.2. The highest BCUT2D eigenvalue weighted by molar-refractivity contribution is 5.98. The summed E-state index contributed by atoms with van der Waals surface area (Å²) in [5.74, 6) is 1.74. The third-order valence-electron chi connectivity index (χ3n) is 7.06. The van der Waals surface area contributed by atoms with E-state index < -0.39 is 0 Å². The quantitative estimate of drug-likeness (QED) is 0.732. The molecule has 0 aliphatic carbocycles. The molecule has 4 heterocycles. The molecule has 0 saturated carbocycles. The van der Waals surface area contributed by atoms with Gasteiger partial charge in [-0.25, -0.2) is 0 Å². The van der Waals surface area contributed by atoms with Gasteiger partial charge in [-0.15, -0.1) is 0 Å². The van der Waals surface area contributed by atoms with E-state index in [1.807, 2.05) is 18.2 Å². The van der Waals surface area contributed by atoms with Crippen molar-refractivity contribution < 1.29 is 4.79 Å². The van der Waals surface area contributed by atoms with E-state index in [4.69, 9.17) is 0 Å². The SMILES string of the molecule is O=C1/C(=C/c2ccccc2)CC[C@@H]2[C@H]3CCCN4CCC[C@@H](CN12)[C@@H]34. The lowest BCUT2D eigenvalue weighted by Crippen LogP contribution is -2.66. The van der Waals surface area contributed by atoms with E-state index in [0.29, 0.717) is 17.9 Å². The maximum atomic E-state index is 13.2. The summed E-state index contributed by atoms with van der Waals surface area (Å²) in [4.78, 5) is 18.3. The number of hydrogen-bond donors (Lipinski definition) is 0. The summed E-state index contributed by atoms with van der Waals surface area (Å²) in [6.07, 6.45) is 9.50. The molecule has 25 heavy (non-hydrogen) atoms. The van der Waals surface area contributed by atoms with Crippen LogP contribution in [0.15, 0.2) is 35.9 Å². The molecule has 4 fully saturated rings. The topological polar surface area (TPSA) is 23.6 Å². The molecule has 0 bridgehead atoms. The Kier molecular flexibility index (Phi) is 3.93. The Morgan fingerprint density at radius 1 is 1.00 bits per heavy atom. The van der Waals surface area contributed by atoms with Gasteiger partial charge in [0.25, 0.3) is 0 Å². The Morgan fingerprint density at radius 3 is 2.64 bits per heavy atom. The van der Waals surface area contributed by atoms with Gasteiger partial charge in [-0.3, -0.25) is 9.69 Å². The molecular formula is C22H28N2O. The summed E-state index contributed by atoms with van der Waals surface area (Å²) in [6, 6.07) is 11.6. The molecule has 4 aliphatic rings. The van der Waals surface area contributed by atoms with Crippen molar-refractivity contribution >= 4 is 12.0 Å². The van der Waals surface area contributed by atoms with Crippen LogP contribution in [-0.4, -0.2) is 47.4 Å². The van der Waals surface area contributed by atoms with E-state index >= 15 is 0 Å². The second-order valence-corrected chi connectivity index (χ2v) is 8.38. The van der Waals surface area contributed by atoms with Crippen LogP contribution in [0.3, 0.4) is 0 Å². The van der Waals surface area contributed by atoms with Gasteiger partial charge in [0.05, 0.1) is 0 Å². The molecule has 4 saturated heterocycles. The van der Waals surface area contributed by atoms with E-state index in [2.05, 4.69) is 28.0 Å². The number of benzene rings is 1. The van der Waals surface area contributed by atoms with E-state index in [1.165, 1.54) is 38.8 Å². The highest BCUT2D eigenvalue weighted by Gasteiger charge is 2.51. The Bertz CT molecular complexity index is 681. The molecule has 3 nitrogen and oxygen atoms in total. The molecule has 0 radical (unpaired) electrons. The first-order chi connectivity index (χ1) is 12.3. The summed E-state index contributed by atoms with van der Waals surface area (Å²) in [5.41, 5.74) is 2.17. The molecule has 3 heteroatoms. The fourth-order valence-corrected chi connectivity index (χ4v) is 6.08. The highest BCUT2D eigenvalue weighted by Crippen LogP contribution is 2.45. The monoisotopic (exact) mass is 336 g/mol. The van der Waals surface area contributed by atoms with Crippen molar-refractivity contribution in [3.05, 3.63) is 41.5 Å². The van der Waals surface area contributed by atoms with Crippen LogP contribution in [0.1, 0.15) is 44.1 Å². The predicted octanol–water partition coefficient (Wildman–Crippen LogP) is 3.57. The first kappa shape index (κ1) is 15.6. The van der Waals surface area contributed by atoms with Crippen molar-refractivity contribution in [3.63, 3.8) is 0 Å². The van der Waals surface area contributed by atoms with Crippen LogP contribution in [0.2, 0.25) is 0 Å². The van der Waals surface area contributed by atoms with E-state index in [0.717, 1.165) is 42.5 Å². The van der Waals surface area contributed by atoms with Gasteiger partial charge >= 0.3 is 0 Å². The number of carbonyl (C=O) groups is 1. The largest absolute Gasteiger partial charge is 0.335 e. The maximum absolute atomic E-state index is 13.2. The third-order valence-corrected chi connectivity index (χ3v) is 7.06. The first-order valence-corrected chi connectivity index (χ1v) is 10.1. The molecule has 5 rings (SSSR count). The van der Waals surface area contributed by atoms with Gasteiger partial charge < -0.3 is 4.90 Å². The van der Waals surface area contributed by atoms with Crippen LogP contribution in [0.5, 0.6) is 0 Å². The van der Waals surface area contributed by atoms with Crippen molar-refractivity contribution in [2.24, 2.45) is 11.8 Å². The molecule has 4 atom stereocenters. The zero-order chi connectivity index (χ0) is 16.8. The minimum Gasteiger partial charge on any atom is -0.335 e. The van der Waals surface area contributed by atoms with Crippen LogP contribution < -0.4 is 0 Å². The Balaban J connectivity index is 1.43. The second kappa shape index (κ2) is 6.28. The van der Waals surface area contributed by atoms with E-state index in [9.17, 15) is 4.79 Å². The van der Waals surface area contributed by atoms with Crippen molar-refractivity contribution in [3.8, 4) is 0 Å². The number of hydrogen-bond acceptors (Lipinski definition) is 2. The lowest BCUT2D eigenvalue weighted by atomic mass is 9.67. The zero-order valence-corrected chi connectivity index (χ0v) is 14.9. The fourth-order valence-electron chi connectivity index (χ4n) is 6.08. The minimum atomic E-state index is 0.321. The number of nitrogens with zero attached hydrogens (tertiary/aromatic N) is 2. The molecule has 0 unspecified atom stereocenters. The maximum Gasteiger partial charge on any atom is 0.250 e. The smallest absolute Gasteiger partial charge is 0.250 e. The average molecular weight is 336 g/mol. The molecule has 4 aliphatic heterocycles. The van der Waals surface area contributed by atoms with Crippen LogP contribution >= 0.6 is 0 Å². The molecule has 0 aromatic heterocycles. The van der Waals surface area contributed by atoms with Crippen LogP contribution in [0, 0.1) is 11.8 Å². The zero-order valence-electron chi connectivity index (χ0n) is 14.9. The van der Waals surface area contributed by atoms with Crippen molar-refractivity contribution in [1.82, 2.24) is 9.80 Å². The summed E-state index contributed by atoms with van der Waals surface area (Å²) in [6.45, 7) is 3.57. The molecule has 132 valence electrons. The van der Waals surface area contributed by atoms with Gasteiger partial charge in [0, 0.05) is 24.2 Å². The van der Waals surface area contributed by atoms with Crippen molar-refractivity contribution in [2.75, 3.05) is 19.6 Å².